The number of alkyl halides is 1. The highest BCUT2D eigenvalue weighted by molar-refractivity contribution is 9.09. The number of halogens is 1. The van der Waals surface area contributed by atoms with Crippen molar-refractivity contribution in [3.8, 4) is 0 Å². The molecule has 2 aromatic rings. The number of benzene rings is 2. The maximum Gasteiger partial charge on any atom is 0.261 e. The van der Waals surface area contributed by atoms with E-state index in [4.69, 9.17) is 4.43 Å². The van der Waals surface area contributed by atoms with E-state index in [9.17, 15) is 0 Å². The van der Waals surface area contributed by atoms with Crippen LogP contribution in [0.1, 0.15) is 34.1 Å². The first-order valence-electron chi connectivity index (χ1n) is 8.88. The molecule has 0 radical (unpaired) electrons. The summed E-state index contributed by atoms with van der Waals surface area (Å²) in [5.74, 6) is 0. The lowest BCUT2D eigenvalue weighted by atomic mass is 10.2. The summed E-state index contributed by atoms with van der Waals surface area (Å²) in [5.41, 5.74) is 1.30. The first kappa shape index (κ1) is 20.2. The van der Waals surface area contributed by atoms with Gasteiger partial charge in [0.05, 0.1) is 6.61 Å². The molecule has 0 aromatic heterocycles. The van der Waals surface area contributed by atoms with E-state index in [1.165, 1.54) is 15.9 Å². The summed E-state index contributed by atoms with van der Waals surface area (Å²) in [5, 5.41) is 3.69. The zero-order valence-electron chi connectivity index (χ0n) is 15.8. The van der Waals surface area contributed by atoms with Crippen LogP contribution in [0.4, 0.5) is 0 Å². The normalized spacial score (nSPS) is 13.1. The maximum atomic E-state index is 6.88. The zero-order valence-corrected chi connectivity index (χ0v) is 18.3. The number of hydrogen-bond donors (Lipinski definition) is 0. The van der Waals surface area contributed by atoms with Crippen LogP contribution in [-0.4, -0.2) is 20.3 Å². The van der Waals surface area contributed by atoms with Crippen molar-refractivity contribution < 1.29 is 4.43 Å². The third kappa shape index (κ3) is 4.72. The molecule has 2 aromatic carbocycles. The summed E-state index contributed by atoms with van der Waals surface area (Å²) in [6, 6.07) is 21.6. The average molecular weight is 417 g/mol. The van der Waals surface area contributed by atoms with Crippen LogP contribution in [0.25, 0.3) is 0 Å². The van der Waals surface area contributed by atoms with Gasteiger partial charge in [-0.1, -0.05) is 109 Å². The zero-order chi connectivity index (χ0) is 18.3. The number of hydrogen-bond acceptors (Lipinski definition) is 1. The Bertz CT molecular complexity index is 635. The molecule has 0 aliphatic carbocycles. The number of allylic oxidation sites excluding steroid dienone is 1. The van der Waals surface area contributed by atoms with Gasteiger partial charge in [-0.3, -0.25) is 0 Å². The molecule has 0 aliphatic rings. The van der Waals surface area contributed by atoms with Gasteiger partial charge in [0, 0.05) is 5.33 Å². The monoisotopic (exact) mass is 416 g/mol. The largest absolute Gasteiger partial charge is 0.403 e. The SMILES string of the molecule is CC(=CCCBr)CO[Si](c1ccccc1)(c1ccccc1)C(C)(C)C. The second kappa shape index (κ2) is 8.97. The molecule has 0 amide bonds. The maximum absolute atomic E-state index is 6.88. The van der Waals surface area contributed by atoms with E-state index in [2.05, 4.69) is 110 Å². The third-order valence-electron chi connectivity index (χ3n) is 4.54. The lowest BCUT2D eigenvalue weighted by Crippen LogP contribution is -2.66. The Hall–Kier alpha value is -1.16. The van der Waals surface area contributed by atoms with Gasteiger partial charge in [0.1, 0.15) is 0 Å². The van der Waals surface area contributed by atoms with Crippen LogP contribution in [0.2, 0.25) is 5.04 Å². The molecule has 0 bridgehead atoms. The van der Waals surface area contributed by atoms with Crippen LogP contribution in [0, 0.1) is 0 Å². The highest BCUT2D eigenvalue weighted by Gasteiger charge is 2.50. The van der Waals surface area contributed by atoms with Gasteiger partial charge >= 0.3 is 0 Å². The van der Waals surface area contributed by atoms with Crippen molar-refractivity contribution in [3.63, 3.8) is 0 Å². The van der Waals surface area contributed by atoms with E-state index in [0.717, 1.165) is 11.8 Å². The van der Waals surface area contributed by atoms with Gasteiger partial charge < -0.3 is 4.43 Å². The Morgan fingerprint density at radius 3 is 1.84 bits per heavy atom. The molecule has 0 unspecified atom stereocenters. The predicted molar refractivity (Wildman–Crippen MR) is 116 cm³/mol. The van der Waals surface area contributed by atoms with E-state index in [1.54, 1.807) is 0 Å². The molecule has 1 nitrogen and oxygen atoms in total. The summed E-state index contributed by atoms with van der Waals surface area (Å²) < 4.78 is 6.88. The van der Waals surface area contributed by atoms with Gasteiger partial charge in [0.25, 0.3) is 8.32 Å². The molecule has 0 saturated carbocycles. The molecular weight excluding hydrogens is 388 g/mol. The Morgan fingerprint density at radius 1 is 0.960 bits per heavy atom. The van der Waals surface area contributed by atoms with Crippen molar-refractivity contribution in [2.24, 2.45) is 0 Å². The molecular formula is C22H29BrOSi. The van der Waals surface area contributed by atoms with Gasteiger partial charge in [0.2, 0.25) is 0 Å². The van der Waals surface area contributed by atoms with E-state index < -0.39 is 8.32 Å². The number of rotatable bonds is 7. The summed E-state index contributed by atoms with van der Waals surface area (Å²) in [6.07, 6.45) is 3.31. The Kier molecular flexibility index (Phi) is 7.23. The van der Waals surface area contributed by atoms with Crippen LogP contribution in [-0.2, 0) is 4.43 Å². The standard InChI is InChI=1S/C22H29BrOSi/c1-19(12-11-17-23)18-24-25(22(2,3)4,20-13-7-5-8-14-20)21-15-9-6-10-16-21/h5-10,12-16H,11,17-18H2,1-4H3. The van der Waals surface area contributed by atoms with E-state index in [1.807, 2.05) is 0 Å². The van der Waals surface area contributed by atoms with Crippen molar-refractivity contribution in [1.82, 2.24) is 0 Å². The highest BCUT2D eigenvalue weighted by Crippen LogP contribution is 2.36. The fourth-order valence-electron chi connectivity index (χ4n) is 3.34. The Labute approximate surface area is 162 Å². The first-order chi connectivity index (χ1) is 11.9. The minimum absolute atomic E-state index is 0.0331. The molecule has 0 N–H and O–H groups in total. The summed E-state index contributed by atoms with van der Waals surface area (Å²) in [7, 11) is -2.40. The van der Waals surface area contributed by atoms with Gasteiger partial charge in [0.15, 0.2) is 0 Å². The second-order valence-electron chi connectivity index (χ2n) is 7.48. The first-order valence-corrected chi connectivity index (χ1v) is 11.9. The average Bonchev–Trinajstić information content (AvgIpc) is 2.61. The molecule has 25 heavy (non-hydrogen) atoms. The lowest BCUT2D eigenvalue weighted by molar-refractivity contribution is 0.329. The van der Waals surface area contributed by atoms with Crippen LogP contribution in [0.15, 0.2) is 72.3 Å². The van der Waals surface area contributed by atoms with Gasteiger partial charge in [-0.15, -0.1) is 0 Å². The highest BCUT2D eigenvalue weighted by atomic mass is 79.9. The second-order valence-corrected chi connectivity index (χ2v) is 12.6. The molecule has 0 saturated heterocycles. The topological polar surface area (TPSA) is 9.23 Å². The molecule has 0 atom stereocenters. The Balaban J connectivity index is 2.53. The molecule has 2 rings (SSSR count). The van der Waals surface area contributed by atoms with Crippen LogP contribution < -0.4 is 10.4 Å². The minimum Gasteiger partial charge on any atom is -0.403 e. The van der Waals surface area contributed by atoms with E-state index >= 15 is 0 Å². The molecule has 3 heteroatoms. The van der Waals surface area contributed by atoms with Crippen molar-refractivity contribution >= 4 is 34.6 Å². The van der Waals surface area contributed by atoms with Gasteiger partial charge in [-0.25, -0.2) is 0 Å². The van der Waals surface area contributed by atoms with Crippen LogP contribution in [0.3, 0.4) is 0 Å². The minimum atomic E-state index is -2.40. The van der Waals surface area contributed by atoms with Crippen molar-refractivity contribution in [2.45, 2.75) is 39.2 Å². The molecule has 0 heterocycles. The van der Waals surface area contributed by atoms with E-state index in [0.29, 0.717) is 6.61 Å². The fraction of sp³-hybridized carbons (Fsp3) is 0.364. The molecule has 134 valence electrons. The van der Waals surface area contributed by atoms with Gasteiger partial charge in [-0.2, -0.15) is 0 Å². The Morgan fingerprint density at radius 2 is 1.44 bits per heavy atom. The third-order valence-corrected chi connectivity index (χ3v) is 9.98. The van der Waals surface area contributed by atoms with E-state index in [-0.39, 0.29) is 5.04 Å². The lowest BCUT2D eigenvalue weighted by Gasteiger charge is -2.43. The van der Waals surface area contributed by atoms with Crippen molar-refractivity contribution in [1.29, 1.82) is 0 Å². The van der Waals surface area contributed by atoms with Crippen LogP contribution >= 0.6 is 15.9 Å². The smallest absolute Gasteiger partial charge is 0.261 e. The fourth-order valence-corrected chi connectivity index (χ4v) is 8.17. The summed E-state index contributed by atoms with van der Waals surface area (Å²) in [4.78, 5) is 0. The predicted octanol–water partition coefficient (Wildman–Crippen LogP) is 5.29. The molecule has 0 fully saturated rings. The van der Waals surface area contributed by atoms with Gasteiger partial charge in [-0.05, 0) is 28.8 Å². The molecule has 0 spiro atoms. The van der Waals surface area contributed by atoms with Crippen molar-refractivity contribution in [2.75, 3.05) is 11.9 Å². The van der Waals surface area contributed by atoms with Crippen LogP contribution in [0.5, 0.6) is 0 Å². The molecule has 0 aliphatic heterocycles. The summed E-state index contributed by atoms with van der Waals surface area (Å²) in [6.45, 7) is 9.80. The quantitative estimate of drug-likeness (QED) is 0.338. The summed E-state index contributed by atoms with van der Waals surface area (Å²) >= 11 is 3.50. The van der Waals surface area contributed by atoms with Crippen molar-refractivity contribution in [3.05, 3.63) is 72.3 Å².